The van der Waals surface area contributed by atoms with Gasteiger partial charge in [-0.2, -0.15) is 0 Å². The van der Waals surface area contributed by atoms with Gasteiger partial charge < -0.3 is 5.32 Å². The Morgan fingerprint density at radius 2 is 1.56 bits per heavy atom. The van der Waals surface area contributed by atoms with Crippen LogP contribution < -0.4 is 5.32 Å². The van der Waals surface area contributed by atoms with Crippen LogP contribution in [0.1, 0.15) is 44.9 Å². The van der Waals surface area contributed by atoms with Gasteiger partial charge in [0.05, 0.1) is 0 Å². The molecule has 0 aromatic heterocycles. The highest BCUT2D eigenvalue weighted by Gasteiger charge is 2.32. The largest absolute Gasteiger partial charge is 0.317 e. The van der Waals surface area contributed by atoms with E-state index in [2.05, 4.69) is 15.1 Å². The molecule has 3 saturated heterocycles. The Bertz CT molecular complexity index is 242. The highest BCUT2D eigenvalue weighted by molar-refractivity contribution is 4.88. The van der Waals surface area contributed by atoms with Gasteiger partial charge in [-0.1, -0.05) is 6.42 Å². The molecule has 2 unspecified atom stereocenters. The molecule has 0 radical (unpaired) electrons. The predicted octanol–water partition coefficient (Wildman–Crippen LogP) is 1.69. The van der Waals surface area contributed by atoms with Crippen molar-refractivity contribution in [3.05, 3.63) is 0 Å². The maximum atomic E-state index is 3.54. The van der Waals surface area contributed by atoms with Gasteiger partial charge in [0.15, 0.2) is 0 Å². The SMILES string of the molecule is C1CCN(C2CCN(C3CCCNCC3)C2)CC1. The van der Waals surface area contributed by atoms with Crippen molar-refractivity contribution in [1.29, 1.82) is 0 Å². The van der Waals surface area contributed by atoms with Crippen LogP contribution in [0.25, 0.3) is 0 Å². The molecule has 0 aromatic carbocycles. The zero-order chi connectivity index (χ0) is 12.2. The topological polar surface area (TPSA) is 18.5 Å². The quantitative estimate of drug-likeness (QED) is 0.806. The molecule has 0 saturated carbocycles. The molecule has 3 fully saturated rings. The number of nitrogens with zero attached hydrogens (tertiary/aromatic N) is 2. The minimum Gasteiger partial charge on any atom is -0.317 e. The van der Waals surface area contributed by atoms with E-state index in [9.17, 15) is 0 Å². The summed E-state index contributed by atoms with van der Waals surface area (Å²) in [5.41, 5.74) is 0. The van der Waals surface area contributed by atoms with Crippen LogP contribution in [0.3, 0.4) is 0 Å². The van der Waals surface area contributed by atoms with Crippen LogP contribution in [0.4, 0.5) is 0 Å². The van der Waals surface area contributed by atoms with E-state index in [1.165, 1.54) is 84.2 Å². The maximum absolute atomic E-state index is 3.54. The smallest absolute Gasteiger partial charge is 0.0235 e. The Balaban J connectivity index is 1.50. The molecule has 2 atom stereocenters. The first-order valence-corrected chi connectivity index (χ1v) is 8.12. The molecule has 0 spiro atoms. The summed E-state index contributed by atoms with van der Waals surface area (Å²) >= 11 is 0. The first kappa shape index (κ1) is 12.9. The summed E-state index contributed by atoms with van der Waals surface area (Å²) in [6, 6.07) is 1.75. The number of rotatable bonds is 2. The third-order valence-corrected chi connectivity index (χ3v) is 5.16. The van der Waals surface area contributed by atoms with Crippen molar-refractivity contribution in [2.24, 2.45) is 0 Å². The zero-order valence-corrected chi connectivity index (χ0v) is 11.7. The van der Waals surface area contributed by atoms with Crippen LogP contribution in [-0.2, 0) is 0 Å². The third kappa shape index (κ3) is 3.06. The number of piperidine rings is 1. The van der Waals surface area contributed by atoms with Crippen LogP contribution in [-0.4, -0.2) is 61.2 Å². The molecule has 3 rings (SSSR count). The van der Waals surface area contributed by atoms with Crippen molar-refractivity contribution in [3.63, 3.8) is 0 Å². The third-order valence-electron chi connectivity index (χ3n) is 5.16. The van der Waals surface area contributed by atoms with E-state index in [0.717, 1.165) is 12.1 Å². The van der Waals surface area contributed by atoms with E-state index in [4.69, 9.17) is 0 Å². The van der Waals surface area contributed by atoms with E-state index in [-0.39, 0.29) is 0 Å². The van der Waals surface area contributed by atoms with Gasteiger partial charge in [0.2, 0.25) is 0 Å². The maximum Gasteiger partial charge on any atom is 0.0235 e. The van der Waals surface area contributed by atoms with Crippen molar-refractivity contribution in [1.82, 2.24) is 15.1 Å². The minimum atomic E-state index is 0.870. The van der Waals surface area contributed by atoms with Gasteiger partial charge in [0.1, 0.15) is 0 Å². The van der Waals surface area contributed by atoms with Gasteiger partial charge in [0.25, 0.3) is 0 Å². The Morgan fingerprint density at radius 1 is 0.667 bits per heavy atom. The fourth-order valence-electron chi connectivity index (χ4n) is 4.05. The lowest BCUT2D eigenvalue weighted by Crippen LogP contribution is -2.42. The monoisotopic (exact) mass is 251 g/mol. The molecule has 3 nitrogen and oxygen atoms in total. The van der Waals surface area contributed by atoms with E-state index >= 15 is 0 Å². The Kier molecular flexibility index (Phi) is 4.55. The lowest BCUT2D eigenvalue weighted by atomic mass is 10.1. The second-order valence-corrected chi connectivity index (χ2v) is 6.37. The van der Waals surface area contributed by atoms with Gasteiger partial charge in [-0.3, -0.25) is 9.80 Å². The van der Waals surface area contributed by atoms with Crippen molar-refractivity contribution >= 4 is 0 Å². The van der Waals surface area contributed by atoms with E-state index in [0.29, 0.717) is 0 Å². The van der Waals surface area contributed by atoms with Crippen LogP contribution in [0, 0.1) is 0 Å². The summed E-state index contributed by atoms with van der Waals surface area (Å²) in [5.74, 6) is 0. The van der Waals surface area contributed by atoms with Gasteiger partial charge in [0, 0.05) is 25.2 Å². The van der Waals surface area contributed by atoms with Crippen LogP contribution in [0.15, 0.2) is 0 Å². The molecular weight excluding hydrogens is 222 g/mol. The fraction of sp³-hybridized carbons (Fsp3) is 1.00. The van der Waals surface area contributed by atoms with E-state index < -0.39 is 0 Å². The Labute approximate surface area is 112 Å². The summed E-state index contributed by atoms with van der Waals surface area (Å²) in [5, 5.41) is 3.54. The summed E-state index contributed by atoms with van der Waals surface area (Å²) in [4.78, 5) is 5.57. The highest BCUT2D eigenvalue weighted by atomic mass is 15.3. The highest BCUT2D eigenvalue weighted by Crippen LogP contribution is 2.24. The summed E-state index contributed by atoms with van der Waals surface area (Å²) < 4.78 is 0. The van der Waals surface area contributed by atoms with Crippen LogP contribution >= 0.6 is 0 Å². The van der Waals surface area contributed by atoms with Gasteiger partial charge >= 0.3 is 0 Å². The Hall–Kier alpha value is -0.120. The number of hydrogen-bond donors (Lipinski definition) is 1. The minimum absolute atomic E-state index is 0.870. The van der Waals surface area contributed by atoms with Crippen molar-refractivity contribution in [2.45, 2.75) is 57.0 Å². The molecule has 0 aromatic rings. The average molecular weight is 251 g/mol. The molecule has 3 heteroatoms. The summed E-state index contributed by atoms with van der Waals surface area (Å²) in [7, 11) is 0. The number of nitrogens with one attached hydrogen (secondary N) is 1. The predicted molar refractivity (Wildman–Crippen MR) is 75.9 cm³/mol. The van der Waals surface area contributed by atoms with Crippen molar-refractivity contribution in [2.75, 3.05) is 39.3 Å². The molecule has 3 heterocycles. The average Bonchev–Trinajstić information content (AvgIpc) is 2.76. The molecule has 0 bridgehead atoms. The molecule has 0 amide bonds. The second-order valence-electron chi connectivity index (χ2n) is 6.37. The van der Waals surface area contributed by atoms with Crippen LogP contribution in [0.2, 0.25) is 0 Å². The van der Waals surface area contributed by atoms with Crippen molar-refractivity contribution in [3.8, 4) is 0 Å². The lowest BCUT2D eigenvalue weighted by Gasteiger charge is -2.33. The summed E-state index contributed by atoms with van der Waals surface area (Å²) in [6.07, 6.45) is 9.90. The molecule has 0 aliphatic carbocycles. The lowest BCUT2D eigenvalue weighted by molar-refractivity contribution is 0.148. The first-order chi connectivity index (χ1) is 8.93. The molecular formula is C15H29N3. The fourth-order valence-corrected chi connectivity index (χ4v) is 4.05. The van der Waals surface area contributed by atoms with Crippen molar-refractivity contribution < 1.29 is 0 Å². The number of likely N-dealkylation sites (tertiary alicyclic amines) is 2. The Morgan fingerprint density at radius 3 is 2.44 bits per heavy atom. The standard InChI is InChI=1S/C15H29N3/c1-2-10-17(11-3-1)15-7-12-18(13-15)14-5-4-8-16-9-6-14/h14-16H,1-13H2. The van der Waals surface area contributed by atoms with Crippen LogP contribution in [0.5, 0.6) is 0 Å². The van der Waals surface area contributed by atoms with Gasteiger partial charge in [-0.25, -0.2) is 0 Å². The second kappa shape index (κ2) is 6.36. The first-order valence-electron chi connectivity index (χ1n) is 8.12. The molecule has 3 aliphatic heterocycles. The molecule has 3 aliphatic rings. The molecule has 104 valence electrons. The normalized spacial score (nSPS) is 36.7. The van der Waals surface area contributed by atoms with E-state index in [1.807, 2.05) is 0 Å². The molecule has 1 N–H and O–H groups in total. The van der Waals surface area contributed by atoms with Gasteiger partial charge in [-0.15, -0.1) is 0 Å². The molecule has 18 heavy (non-hydrogen) atoms. The summed E-state index contributed by atoms with van der Waals surface area (Å²) in [6.45, 7) is 7.90. The number of hydrogen-bond acceptors (Lipinski definition) is 3. The van der Waals surface area contributed by atoms with E-state index in [1.54, 1.807) is 0 Å². The zero-order valence-electron chi connectivity index (χ0n) is 11.7. The van der Waals surface area contributed by atoms with Gasteiger partial charge in [-0.05, 0) is 64.7 Å².